The standard InChI is InChI=1S/C43H52ClN7O5/c1-27-18-37(47-39(19-27)43(55-3)12-17-56-26-43)35-25-51(38-22-45-40(21-34(35)38)46-28(2)52)24-30-8-13-49(14-9-30)23-29-10-15-50(16-11-29)31-4-5-32(36(44)20-31)33-6-7-41(53)48-42(33)54/h4-5,18-22,25,29-30,33H,6-17,23-24,26H2,1-3H3,(H,45,46,52)(H,48,53,54)/t33?,43-/m0/s1. The summed E-state index contributed by atoms with van der Waals surface area (Å²) < 4.78 is 14.1. The number of halogens is 1. The molecule has 4 saturated heterocycles. The Hall–Kier alpha value is -4.36. The highest BCUT2D eigenvalue weighted by molar-refractivity contribution is 6.32. The molecular formula is C43H52ClN7O5. The van der Waals surface area contributed by atoms with Gasteiger partial charge in [0.15, 0.2) is 0 Å². The van der Waals surface area contributed by atoms with Crippen LogP contribution in [0.3, 0.4) is 0 Å². The van der Waals surface area contributed by atoms with Gasteiger partial charge in [-0.1, -0.05) is 17.7 Å². The first-order chi connectivity index (χ1) is 27.1. The maximum atomic E-state index is 12.4. The minimum atomic E-state index is -0.561. The molecule has 0 bridgehead atoms. The highest BCUT2D eigenvalue weighted by Gasteiger charge is 2.39. The molecule has 1 aromatic carbocycles. The van der Waals surface area contributed by atoms with Gasteiger partial charge in [-0.15, -0.1) is 0 Å². The fraction of sp³-hybridized carbons (Fsp3) is 0.512. The van der Waals surface area contributed by atoms with Crippen molar-refractivity contribution in [1.82, 2.24) is 24.8 Å². The van der Waals surface area contributed by atoms with E-state index in [2.05, 4.69) is 61.3 Å². The number of imide groups is 1. The van der Waals surface area contributed by atoms with Gasteiger partial charge in [0.1, 0.15) is 11.4 Å². The smallest absolute Gasteiger partial charge is 0.234 e. The first-order valence-corrected chi connectivity index (χ1v) is 20.4. The lowest BCUT2D eigenvalue weighted by molar-refractivity contribution is -0.134. The molecule has 0 aliphatic carbocycles. The fourth-order valence-corrected chi connectivity index (χ4v) is 9.50. The molecule has 2 atom stereocenters. The van der Waals surface area contributed by atoms with Crippen LogP contribution in [0.2, 0.25) is 5.02 Å². The molecule has 0 saturated carbocycles. The Morgan fingerprint density at radius 2 is 1.80 bits per heavy atom. The monoisotopic (exact) mass is 781 g/mol. The summed E-state index contributed by atoms with van der Waals surface area (Å²) in [5.74, 6) is 0.707. The molecule has 0 spiro atoms. The summed E-state index contributed by atoms with van der Waals surface area (Å²) in [6.45, 7) is 10.9. The van der Waals surface area contributed by atoms with Gasteiger partial charge in [0, 0.05) is 87.5 Å². The van der Waals surface area contributed by atoms with Crippen LogP contribution in [0.25, 0.3) is 22.2 Å². The number of carbonyl (C=O) groups excluding carboxylic acids is 3. The number of methoxy groups -OCH3 is 1. The molecule has 1 unspecified atom stereocenters. The minimum absolute atomic E-state index is 0.155. The Bertz CT molecular complexity index is 2110. The summed E-state index contributed by atoms with van der Waals surface area (Å²) in [5.41, 5.74) is 6.24. The zero-order chi connectivity index (χ0) is 39.0. The van der Waals surface area contributed by atoms with E-state index < -0.39 is 5.60 Å². The number of rotatable bonds is 10. The number of amides is 3. The number of fused-ring (bicyclic) bond motifs is 1. The molecule has 12 nitrogen and oxygen atoms in total. The lowest BCUT2D eigenvalue weighted by atomic mass is 9.90. The van der Waals surface area contributed by atoms with Gasteiger partial charge in [-0.2, -0.15) is 0 Å². The zero-order valence-electron chi connectivity index (χ0n) is 32.6. The SMILES string of the molecule is CO[C@@]1(c2cc(C)cc(-c3cn(CC4CCN(CC5CCN(c6ccc(C7CCC(=O)NC7=O)c(Cl)c6)CC5)CC4)c4cnc(NC(C)=O)cc34)n2)CCOC1. The van der Waals surface area contributed by atoms with Crippen LogP contribution in [0.5, 0.6) is 0 Å². The molecule has 7 heterocycles. The Morgan fingerprint density at radius 1 is 1.04 bits per heavy atom. The number of hydrogen-bond acceptors (Lipinski definition) is 9. The summed E-state index contributed by atoms with van der Waals surface area (Å²) >= 11 is 6.70. The van der Waals surface area contributed by atoms with Crippen molar-refractivity contribution >= 4 is 51.7 Å². The molecule has 13 heteroatoms. The predicted molar refractivity (Wildman–Crippen MR) is 217 cm³/mol. The normalized spacial score (nSPS) is 22.9. The van der Waals surface area contributed by atoms with Crippen molar-refractivity contribution in [2.45, 2.75) is 76.9 Å². The van der Waals surface area contributed by atoms with Gasteiger partial charge in [0.25, 0.3) is 0 Å². The minimum Gasteiger partial charge on any atom is -0.378 e. The van der Waals surface area contributed by atoms with Crippen molar-refractivity contribution in [3.63, 3.8) is 0 Å². The molecule has 3 aromatic heterocycles. The first kappa shape index (κ1) is 38.5. The third kappa shape index (κ3) is 8.07. The van der Waals surface area contributed by atoms with Crippen LogP contribution in [0.1, 0.15) is 74.6 Å². The van der Waals surface area contributed by atoms with Crippen LogP contribution in [-0.4, -0.2) is 90.2 Å². The van der Waals surface area contributed by atoms with Crippen LogP contribution in [0, 0.1) is 18.8 Å². The molecule has 8 rings (SSSR count). The van der Waals surface area contributed by atoms with Gasteiger partial charge in [0.2, 0.25) is 17.7 Å². The summed E-state index contributed by atoms with van der Waals surface area (Å²) in [7, 11) is 1.73. The zero-order valence-corrected chi connectivity index (χ0v) is 33.4. The van der Waals surface area contributed by atoms with E-state index in [-0.39, 0.29) is 23.6 Å². The number of carbonyl (C=O) groups is 3. The van der Waals surface area contributed by atoms with Gasteiger partial charge in [-0.3, -0.25) is 19.7 Å². The number of benzene rings is 1. The van der Waals surface area contributed by atoms with E-state index in [0.717, 1.165) is 116 Å². The Labute approximate surface area is 333 Å². The molecule has 3 amide bonds. The number of piperidine rings is 3. The van der Waals surface area contributed by atoms with Crippen LogP contribution in [0.15, 0.2) is 48.8 Å². The van der Waals surface area contributed by atoms with Gasteiger partial charge in [-0.05, 0) is 105 Å². The number of aryl methyl sites for hydroxylation is 1. The molecule has 4 aliphatic heterocycles. The lowest BCUT2D eigenvalue weighted by Crippen LogP contribution is -2.42. The van der Waals surface area contributed by atoms with E-state index in [1.54, 1.807) is 7.11 Å². The molecule has 4 aromatic rings. The van der Waals surface area contributed by atoms with E-state index in [4.69, 9.17) is 26.1 Å². The highest BCUT2D eigenvalue weighted by Crippen LogP contribution is 2.38. The highest BCUT2D eigenvalue weighted by atomic mass is 35.5. The number of nitrogens with one attached hydrogen (secondary N) is 2. The Balaban J connectivity index is 0.899. The maximum Gasteiger partial charge on any atom is 0.234 e. The van der Waals surface area contributed by atoms with Crippen molar-refractivity contribution < 1.29 is 23.9 Å². The molecule has 296 valence electrons. The van der Waals surface area contributed by atoms with Crippen molar-refractivity contribution in [2.24, 2.45) is 11.8 Å². The van der Waals surface area contributed by atoms with E-state index in [1.165, 1.54) is 6.92 Å². The molecule has 0 radical (unpaired) electrons. The molecular weight excluding hydrogens is 730 g/mol. The van der Waals surface area contributed by atoms with Crippen molar-refractivity contribution in [3.05, 3.63) is 70.6 Å². The van der Waals surface area contributed by atoms with Crippen LogP contribution < -0.4 is 15.5 Å². The van der Waals surface area contributed by atoms with Gasteiger partial charge < -0.3 is 29.2 Å². The average molecular weight is 782 g/mol. The molecule has 4 fully saturated rings. The summed E-state index contributed by atoms with van der Waals surface area (Å²) in [5, 5.41) is 6.91. The number of likely N-dealkylation sites (tertiary alicyclic amines) is 1. The van der Waals surface area contributed by atoms with E-state index in [1.807, 2.05) is 24.4 Å². The number of aromatic nitrogens is 3. The Morgan fingerprint density at radius 3 is 2.50 bits per heavy atom. The van der Waals surface area contributed by atoms with Crippen molar-refractivity contribution in [2.75, 3.05) is 63.3 Å². The number of hydrogen-bond donors (Lipinski definition) is 2. The number of nitrogens with zero attached hydrogens (tertiary/aromatic N) is 5. The third-order valence-corrected chi connectivity index (χ3v) is 12.7. The predicted octanol–water partition coefficient (Wildman–Crippen LogP) is 6.43. The van der Waals surface area contributed by atoms with Crippen LogP contribution in [0.4, 0.5) is 11.5 Å². The number of pyridine rings is 2. The average Bonchev–Trinajstić information content (AvgIpc) is 3.82. The van der Waals surface area contributed by atoms with E-state index in [9.17, 15) is 14.4 Å². The van der Waals surface area contributed by atoms with E-state index in [0.29, 0.717) is 48.7 Å². The first-order valence-electron chi connectivity index (χ1n) is 20.1. The van der Waals surface area contributed by atoms with Crippen LogP contribution in [-0.2, 0) is 36.0 Å². The molecule has 56 heavy (non-hydrogen) atoms. The summed E-state index contributed by atoms with van der Waals surface area (Å²) in [6, 6.07) is 12.2. The van der Waals surface area contributed by atoms with Crippen molar-refractivity contribution in [3.8, 4) is 11.3 Å². The van der Waals surface area contributed by atoms with Gasteiger partial charge >= 0.3 is 0 Å². The number of anilines is 2. The Kier molecular flexibility index (Phi) is 11.2. The second-order valence-electron chi connectivity index (χ2n) is 16.3. The summed E-state index contributed by atoms with van der Waals surface area (Å²) in [6.07, 6.45) is 10.2. The topological polar surface area (TPSA) is 131 Å². The largest absolute Gasteiger partial charge is 0.378 e. The van der Waals surface area contributed by atoms with Gasteiger partial charge in [0.05, 0.1) is 35.6 Å². The van der Waals surface area contributed by atoms with E-state index >= 15 is 0 Å². The quantitative estimate of drug-likeness (QED) is 0.175. The third-order valence-electron chi connectivity index (χ3n) is 12.4. The van der Waals surface area contributed by atoms with Gasteiger partial charge in [-0.25, -0.2) is 9.97 Å². The second-order valence-corrected chi connectivity index (χ2v) is 16.7. The lowest BCUT2D eigenvalue weighted by Gasteiger charge is -2.38. The fourth-order valence-electron chi connectivity index (χ4n) is 9.20. The number of ether oxygens (including phenoxy) is 2. The van der Waals surface area contributed by atoms with Crippen LogP contribution >= 0.6 is 11.6 Å². The molecule has 4 aliphatic rings. The van der Waals surface area contributed by atoms with Crippen molar-refractivity contribution in [1.29, 1.82) is 0 Å². The maximum absolute atomic E-state index is 12.4. The molecule has 2 N–H and O–H groups in total. The second kappa shape index (κ2) is 16.2. The summed E-state index contributed by atoms with van der Waals surface area (Å²) in [4.78, 5) is 50.8.